The highest BCUT2D eigenvalue weighted by molar-refractivity contribution is 6.12. The second-order valence-corrected chi connectivity index (χ2v) is 11.8. The number of fused-ring (bicyclic) bond motifs is 6. The number of para-hydroxylation sites is 2. The molecule has 0 bridgehead atoms. The molecule has 0 atom stereocenters. The molecule has 8 aromatic carbocycles. The van der Waals surface area contributed by atoms with Gasteiger partial charge in [0.05, 0.1) is 42.6 Å². The van der Waals surface area contributed by atoms with Crippen molar-refractivity contribution in [1.82, 2.24) is 9.13 Å². The molecule has 0 unspecified atom stereocenters. The summed E-state index contributed by atoms with van der Waals surface area (Å²) in [7, 11) is 0. The number of nitrogens with zero attached hydrogens (tertiary/aromatic N) is 2. The van der Waals surface area contributed by atoms with Crippen molar-refractivity contribution in [3.05, 3.63) is 194 Å². The maximum atomic E-state index is 9.82. The molecule has 10 aromatic rings. The summed E-state index contributed by atoms with van der Waals surface area (Å²) in [5.74, 6) is 0. The Labute approximate surface area is 311 Å². The van der Waals surface area contributed by atoms with Crippen LogP contribution in [-0.4, -0.2) is 9.13 Å². The Morgan fingerprint density at radius 3 is 1.46 bits per heavy atom. The van der Waals surface area contributed by atoms with E-state index in [-0.39, 0.29) is 43.6 Å². The van der Waals surface area contributed by atoms with Crippen molar-refractivity contribution in [3.8, 4) is 44.8 Å². The van der Waals surface area contributed by atoms with Crippen LogP contribution >= 0.6 is 0 Å². The van der Waals surface area contributed by atoms with E-state index in [0.717, 1.165) is 22.3 Å². The van der Waals surface area contributed by atoms with E-state index >= 15 is 0 Å². The van der Waals surface area contributed by atoms with E-state index in [1.54, 1.807) is 66.7 Å². The molecule has 0 radical (unpaired) electrons. The molecule has 0 fully saturated rings. The van der Waals surface area contributed by atoms with Crippen LogP contribution in [0.1, 0.15) is 20.6 Å². The average Bonchev–Trinajstić information content (AvgIpc) is 3.88. The molecular weight excluding hydrogens is 605 g/mol. The standard InChI is InChI=1S/C48H32N2/c1-3-12-33(13-4-1)35-22-26-39(27-23-35)49-45-20-9-7-18-41(45)43-31-37(24-28-47(43)49)38-25-29-48-44(32-38)42-19-8-10-21-46(42)50(48)40-17-11-16-36(30-40)34-14-5-2-6-15-34/h1-32H/i1D,7D,8D,9D,10D,18D,19D,20D,21D,24D,25D,28D,29D,31D,32D. The molecule has 50 heavy (non-hydrogen) atoms. The topological polar surface area (TPSA) is 9.86 Å². The Hall–Kier alpha value is -6.64. The zero-order valence-corrected chi connectivity index (χ0v) is 26.2. The third kappa shape index (κ3) is 4.57. The van der Waals surface area contributed by atoms with E-state index < -0.39 is 95.7 Å². The number of benzene rings is 8. The minimum atomic E-state index is -0.629. The summed E-state index contributed by atoms with van der Waals surface area (Å²) in [6.45, 7) is 0. The van der Waals surface area contributed by atoms with Crippen LogP contribution in [0.3, 0.4) is 0 Å². The van der Waals surface area contributed by atoms with Crippen LogP contribution in [0.25, 0.3) is 88.4 Å². The SMILES string of the molecule is [2H]c1ccc(-c2ccc(-n3c4c([2H])c([2H])c([2H])c([2H])c4c4c([2H])c(-c5c([2H])c([2H])c6c(c5[2H])c5c([2H])c([2H])c([2H])c([2H])c5n6-c5cccc(-c6ccccc6)c5)c([2H])c([2H])c43)cc2)cc1. The molecule has 0 aliphatic rings. The fourth-order valence-corrected chi connectivity index (χ4v) is 6.63. The van der Waals surface area contributed by atoms with Crippen molar-refractivity contribution < 1.29 is 20.6 Å². The fourth-order valence-electron chi connectivity index (χ4n) is 6.63. The first-order chi connectivity index (χ1) is 31.0. The summed E-state index contributed by atoms with van der Waals surface area (Å²) in [5.41, 5.74) is 2.77. The van der Waals surface area contributed by atoms with E-state index in [0.29, 0.717) is 17.4 Å². The predicted octanol–water partition coefficient (Wildman–Crippen LogP) is 12.9. The third-order valence-electron chi connectivity index (χ3n) is 8.95. The summed E-state index contributed by atoms with van der Waals surface area (Å²) < 4.78 is 139. The van der Waals surface area contributed by atoms with Gasteiger partial charge >= 0.3 is 0 Å². The summed E-state index contributed by atoms with van der Waals surface area (Å²) in [6, 6.07) is 23.0. The van der Waals surface area contributed by atoms with Gasteiger partial charge in [-0.15, -0.1) is 0 Å². The monoisotopic (exact) mass is 651 g/mol. The normalized spacial score (nSPS) is 15.8. The average molecular weight is 652 g/mol. The van der Waals surface area contributed by atoms with Crippen LogP contribution in [0.5, 0.6) is 0 Å². The van der Waals surface area contributed by atoms with Gasteiger partial charge < -0.3 is 9.13 Å². The summed E-state index contributed by atoms with van der Waals surface area (Å²) in [4.78, 5) is 0. The van der Waals surface area contributed by atoms with Crippen LogP contribution in [0, 0.1) is 0 Å². The largest absolute Gasteiger partial charge is 0.309 e. The van der Waals surface area contributed by atoms with Gasteiger partial charge in [0.25, 0.3) is 0 Å². The van der Waals surface area contributed by atoms with Crippen molar-refractivity contribution in [3.63, 3.8) is 0 Å². The maximum absolute atomic E-state index is 9.82. The molecule has 0 saturated heterocycles. The summed E-state index contributed by atoms with van der Waals surface area (Å²) >= 11 is 0. The van der Waals surface area contributed by atoms with Crippen molar-refractivity contribution in [1.29, 1.82) is 0 Å². The van der Waals surface area contributed by atoms with Crippen molar-refractivity contribution in [2.45, 2.75) is 0 Å². The molecule has 234 valence electrons. The van der Waals surface area contributed by atoms with Crippen LogP contribution in [0.15, 0.2) is 194 Å². The van der Waals surface area contributed by atoms with Crippen molar-refractivity contribution >= 4 is 43.6 Å². The fraction of sp³-hybridized carbons (Fsp3) is 0. The van der Waals surface area contributed by atoms with Gasteiger partial charge in [0.2, 0.25) is 0 Å². The number of hydrogen-bond acceptors (Lipinski definition) is 0. The highest BCUT2D eigenvalue weighted by Gasteiger charge is 2.16. The van der Waals surface area contributed by atoms with Gasteiger partial charge in [0, 0.05) is 32.9 Å². The number of aromatic nitrogens is 2. The van der Waals surface area contributed by atoms with Gasteiger partial charge in [-0.2, -0.15) is 0 Å². The molecule has 2 nitrogen and oxygen atoms in total. The molecule has 2 heteroatoms. The number of hydrogen-bond donors (Lipinski definition) is 0. The highest BCUT2D eigenvalue weighted by atomic mass is 15.0. The lowest BCUT2D eigenvalue weighted by Crippen LogP contribution is -1.94. The van der Waals surface area contributed by atoms with Gasteiger partial charge in [-0.25, -0.2) is 0 Å². The maximum Gasteiger partial charge on any atom is 0.0645 e. The van der Waals surface area contributed by atoms with E-state index in [9.17, 15) is 8.22 Å². The Morgan fingerprint density at radius 2 is 0.820 bits per heavy atom. The first kappa shape index (κ1) is 17.1. The zero-order valence-electron chi connectivity index (χ0n) is 41.2. The van der Waals surface area contributed by atoms with Gasteiger partial charge in [-0.1, -0.05) is 133 Å². The predicted molar refractivity (Wildman–Crippen MR) is 211 cm³/mol. The first-order valence-electron chi connectivity index (χ1n) is 23.5. The second-order valence-electron chi connectivity index (χ2n) is 11.8. The van der Waals surface area contributed by atoms with Gasteiger partial charge in [0.1, 0.15) is 0 Å². The molecule has 0 spiro atoms. The summed E-state index contributed by atoms with van der Waals surface area (Å²) in [5, 5.41) is -0.535. The number of rotatable bonds is 5. The molecular formula is C48H32N2. The van der Waals surface area contributed by atoms with Crippen molar-refractivity contribution in [2.24, 2.45) is 0 Å². The van der Waals surface area contributed by atoms with E-state index in [1.165, 1.54) is 9.13 Å². The Kier molecular flexibility index (Phi) is 3.95. The molecule has 2 heterocycles. The molecule has 0 aliphatic heterocycles. The second kappa shape index (κ2) is 11.5. The Balaban J connectivity index is 1.31. The van der Waals surface area contributed by atoms with Crippen LogP contribution in [0.4, 0.5) is 0 Å². The Bertz CT molecular complexity index is 3690. The molecule has 0 saturated carbocycles. The lowest BCUT2D eigenvalue weighted by atomic mass is 10.0. The minimum absolute atomic E-state index is 0.0536. The minimum Gasteiger partial charge on any atom is -0.309 e. The molecule has 2 aromatic heterocycles. The van der Waals surface area contributed by atoms with Gasteiger partial charge in [0.15, 0.2) is 0 Å². The van der Waals surface area contributed by atoms with E-state index in [1.807, 2.05) is 36.4 Å². The van der Waals surface area contributed by atoms with Crippen LogP contribution in [0.2, 0.25) is 0 Å². The van der Waals surface area contributed by atoms with E-state index in [2.05, 4.69) is 0 Å². The highest BCUT2D eigenvalue weighted by Crippen LogP contribution is 2.39. The smallest absolute Gasteiger partial charge is 0.0645 e. The third-order valence-corrected chi connectivity index (χ3v) is 8.95. The molecule has 0 N–H and O–H groups in total. The molecule has 10 rings (SSSR count). The first-order valence-corrected chi connectivity index (χ1v) is 16.0. The zero-order chi connectivity index (χ0) is 46.1. The lowest BCUT2D eigenvalue weighted by Gasteiger charge is -2.11. The van der Waals surface area contributed by atoms with Crippen LogP contribution in [-0.2, 0) is 0 Å². The van der Waals surface area contributed by atoms with E-state index in [4.69, 9.17) is 12.3 Å². The van der Waals surface area contributed by atoms with Crippen LogP contribution < -0.4 is 0 Å². The Morgan fingerprint density at radius 1 is 0.320 bits per heavy atom. The molecule has 0 amide bonds. The molecule has 0 aliphatic carbocycles. The quantitative estimate of drug-likeness (QED) is 0.175. The lowest BCUT2D eigenvalue weighted by molar-refractivity contribution is 1.18. The van der Waals surface area contributed by atoms with Gasteiger partial charge in [-0.05, 0) is 93.9 Å². The van der Waals surface area contributed by atoms with Crippen molar-refractivity contribution in [2.75, 3.05) is 0 Å². The van der Waals surface area contributed by atoms with Gasteiger partial charge in [-0.3, -0.25) is 0 Å². The summed E-state index contributed by atoms with van der Waals surface area (Å²) in [6.07, 6.45) is 0.